The second-order valence-electron chi connectivity index (χ2n) is 4.95. The van der Waals surface area contributed by atoms with Gasteiger partial charge < -0.3 is 5.73 Å². The summed E-state index contributed by atoms with van der Waals surface area (Å²) in [4.78, 5) is 0.579. The summed E-state index contributed by atoms with van der Waals surface area (Å²) < 4.78 is 27.4. The maximum atomic E-state index is 12.3. The fourth-order valence-electron chi connectivity index (χ4n) is 2.43. The van der Waals surface area contributed by atoms with E-state index in [1.807, 2.05) is 0 Å². The van der Waals surface area contributed by atoms with Crippen LogP contribution in [0.25, 0.3) is 0 Å². The molecule has 1 aliphatic rings. The van der Waals surface area contributed by atoms with Gasteiger partial charge in [0.15, 0.2) is 0 Å². The molecule has 1 saturated carbocycles. The van der Waals surface area contributed by atoms with Crippen molar-refractivity contribution in [3.8, 4) is 0 Å². The molecule has 1 aromatic carbocycles. The van der Waals surface area contributed by atoms with Gasteiger partial charge in [0.25, 0.3) is 0 Å². The summed E-state index contributed by atoms with van der Waals surface area (Å²) in [5.74, 6) is 0. The van der Waals surface area contributed by atoms with Crippen LogP contribution < -0.4 is 10.5 Å². The number of aryl methyl sites for hydroxylation is 1. The molecule has 6 heteroatoms. The average molecular weight is 298 g/mol. The summed E-state index contributed by atoms with van der Waals surface area (Å²) >= 11 is 4.89. The highest BCUT2D eigenvalue weighted by molar-refractivity contribution is 7.89. The van der Waals surface area contributed by atoms with E-state index in [1.54, 1.807) is 25.1 Å². The van der Waals surface area contributed by atoms with Gasteiger partial charge in [0.2, 0.25) is 10.0 Å². The standard InChI is InChI=1S/C13H18N2O2S2/c1-9-8-10(13(14)18)6-7-12(9)19(16,17)15-11-4-2-3-5-11/h6-8,11,15H,2-5H2,1H3,(H2,14,18). The molecule has 0 spiro atoms. The zero-order chi connectivity index (χ0) is 14.0. The lowest BCUT2D eigenvalue weighted by atomic mass is 10.1. The molecule has 104 valence electrons. The van der Waals surface area contributed by atoms with E-state index in [0.717, 1.165) is 25.7 Å². The Bertz CT molecular complexity index is 591. The lowest BCUT2D eigenvalue weighted by molar-refractivity contribution is 0.551. The first kappa shape index (κ1) is 14.4. The number of sulfonamides is 1. The molecule has 2 rings (SSSR count). The summed E-state index contributed by atoms with van der Waals surface area (Å²) in [7, 11) is -3.45. The minimum absolute atomic E-state index is 0.0691. The molecule has 1 aliphatic carbocycles. The van der Waals surface area contributed by atoms with Crippen molar-refractivity contribution in [2.75, 3.05) is 0 Å². The van der Waals surface area contributed by atoms with Crippen LogP contribution in [0.1, 0.15) is 36.8 Å². The second kappa shape index (κ2) is 5.56. The topological polar surface area (TPSA) is 72.2 Å². The molecule has 19 heavy (non-hydrogen) atoms. The number of hydrogen-bond acceptors (Lipinski definition) is 3. The Morgan fingerprint density at radius 3 is 2.53 bits per heavy atom. The highest BCUT2D eigenvalue weighted by Gasteiger charge is 2.24. The molecule has 1 fully saturated rings. The van der Waals surface area contributed by atoms with E-state index >= 15 is 0 Å². The summed E-state index contributed by atoms with van der Waals surface area (Å²) in [6.45, 7) is 1.75. The van der Waals surface area contributed by atoms with Crippen molar-refractivity contribution in [2.24, 2.45) is 5.73 Å². The van der Waals surface area contributed by atoms with E-state index in [0.29, 0.717) is 16.0 Å². The van der Waals surface area contributed by atoms with Crippen LogP contribution in [0.15, 0.2) is 23.1 Å². The van der Waals surface area contributed by atoms with Crippen LogP contribution in [-0.4, -0.2) is 19.4 Å². The quantitative estimate of drug-likeness (QED) is 0.832. The minimum Gasteiger partial charge on any atom is -0.389 e. The maximum absolute atomic E-state index is 12.3. The second-order valence-corrected chi connectivity index (χ2v) is 7.07. The molecule has 0 saturated heterocycles. The van der Waals surface area contributed by atoms with Gasteiger partial charge in [0.05, 0.1) is 4.90 Å². The van der Waals surface area contributed by atoms with Gasteiger partial charge in [-0.25, -0.2) is 13.1 Å². The van der Waals surface area contributed by atoms with Crippen molar-refractivity contribution in [3.05, 3.63) is 29.3 Å². The van der Waals surface area contributed by atoms with Gasteiger partial charge in [-0.2, -0.15) is 0 Å². The molecular formula is C13H18N2O2S2. The van der Waals surface area contributed by atoms with E-state index < -0.39 is 10.0 Å². The average Bonchev–Trinajstić information content (AvgIpc) is 2.80. The Labute approximate surface area is 119 Å². The van der Waals surface area contributed by atoms with Crippen LogP contribution in [0.2, 0.25) is 0 Å². The number of thiocarbonyl (C=S) groups is 1. The molecule has 0 radical (unpaired) electrons. The number of hydrogen-bond donors (Lipinski definition) is 2. The molecule has 0 unspecified atom stereocenters. The largest absolute Gasteiger partial charge is 0.389 e. The number of rotatable bonds is 4. The van der Waals surface area contributed by atoms with Gasteiger partial charge in [-0.05, 0) is 37.5 Å². The molecule has 0 aromatic heterocycles. The van der Waals surface area contributed by atoms with Crippen LogP contribution in [0.4, 0.5) is 0 Å². The highest BCUT2D eigenvalue weighted by atomic mass is 32.2. The van der Waals surface area contributed by atoms with Crippen LogP contribution >= 0.6 is 12.2 Å². The number of benzene rings is 1. The molecule has 4 nitrogen and oxygen atoms in total. The van der Waals surface area contributed by atoms with E-state index in [2.05, 4.69) is 4.72 Å². The van der Waals surface area contributed by atoms with Crippen molar-refractivity contribution >= 4 is 27.2 Å². The summed E-state index contributed by atoms with van der Waals surface area (Å²) in [6.07, 6.45) is 4.02. The maximum Gasteiger partial charge on any atom is 0.241 e. The van der Waals surface area contributed by atoms with Gasteiger partial charge in [-0.15, -0.1) is 0 Å². The van der Waals surface area contributed by atoms with Crippen molar-refractivity contribution in [3.63, 3.8) is 0 Å². The molecule has 0 amide bonds. The predicted molar refractivity (Wildman–Crippen MR) is 79.6 cm³/mol. The number of nitrogens with one attached hydrogen (secondary N) is 1. The van der Waals surface area contributed by atoms with Crippen molar-refractivity contribution in [1.29, 1.82) is 0 Å². The minimum atomic E-state index is -3.45. The normalized spacial score (nSPS) is 16.7. The van der Waals surface area contributed by atoms with Crippen molar-refractivity contribution in [1.82, 2.24) is 4.72 Å². The van der Waals surface area contributed by atoms with E-state index in [4.69, 9.17) is 18.0 Å². The summed E-state index contributed by atoms with van der Waals surface area (Å²) in [5.41, 5.74) is 6.89. The zero-order valence-electron chi connectivity index (χ0n) is 10.8. The molecule has 0 aliphatic heterocycles. The van der Waals surface area contributed by atoms with Crippen LogP contribution in [0.5, 0.6) is 0 Å². The highest BCUT2D eigenvalue weighted by Crippen LogP contribution is 2.22. The first-order chi connectivity index (χ1) is 8.90. The SMILES string of the molecule is Cc1cc(C(N)=S)ccc1S(=O)(=O)NC1CCCC1. The Hall–Kier alpha value is -0.980. The van der Waals surface area contributed by atoms with Gasteiger partial charge >= 0.3 is 0 Å². The molecular weight excluding hydrogens is 280 g/mol. The lowest BCUT2D eigenvalue weighted by Gasteiger charge is -2.14. The van der Waals surface area contributed by atoms with Crippen LogP contribution in [0.3, 0.4) is 0 Å². The van der Waals surface area contributed by atoms with Gasteiger partial charge in [-0.1, -0.05) is 31.1 Å². The van der Waals surface area contributed by atoms with Gasteiger partial charge in [0.1, 0.15) is 4.99 Å². The number of nitrogens with two attached hydrogens (primary N) is 1. The third kappa shape index (κ3) is 3.32. The van der Waals surface area contributed by atoms with Crippen molar-refractivity contribution in [2.45, 2.75) is 43.5 Å². The van der Waals surface area contributed by atoms with E-state index in [-0.39, 0.29) is 11.0 Å². The monoisotopic (exact) mass is 298 g/mol. The Kier molecular flexibility index (Phi) is 4.23. The summed E-state index contributed by atoms with van der Waals surface area (Å²) in [5, 5.41) is 0. The fourth-order valence-corrected chi connectivity index (χ4v) is 4.09. The Morgan fingerprint density at radius 2 is 2.00 bits per heavy atom. The Balaban J connectivity index is 2.27. The zero-order valence-corrected chi connectivity index (χ0v) is 12.5. The third-order valence-corrected chi connectivity index (χ3v) is 5.34. The first-order valence-corrected chi connectivity index (χ1v) is 8.22. The molecule has 0 atom stereocenters. The summed E-state index contributed by atoms with van der Waals surface area (Å²) in [6, 6.07) is 5.00. The predicted octanol–water partition coefficient (Wildman–Crippen LogP) is 1.85. The van der Waals surface area contributed by atoms with Gasteiger partial charge in [0, 0.05) is 11.6 Å². The van der Waals surface area contributed by atoms with E-state index in [9.17, 15) is 8.42 Å². The van der Waals surface area contributed by atoms with Crippen LogP contribution in [-0.2, 0) is 10.0 Å². The van der Waals surface area contributed by atoms with Crippen molar-refractivity contribution < 1.29 is 8.42 Å². The molecule has 3 N–H and O–H groups in total. The van der Waals surface area contributed by atoms with Gasteiger partial charge in [-0.3, -0.25) is 0 Å². The molecule has 0 heterocycles. The molecule has 1 aromatic rings. The first-order valence-electron chi connectivity index (χ1n) is 6.33. The fraction of sp³-hybridized carbons (Fsp3) is 0.462. The third-order valence-electron chi connectivity index (χ3n) is 3.43. The smallest absolute Gasteiger partial charge is 0.241 e. The lowest BCUT2D eigenvalue weighted by Crippen LogP contribution is -2.33. The van der Waals surface area contributed by atoms with E-state index in [1.165, 1.54) is 0 Å². The Morgan fingerprint density at radius 1 is 1.37 bits per heavy atom. The van der Waals surface area contributed by atoms with Crippen LogP contribution in [0, 0.1) is 6.92 Å². The molecule has 0 bridgehead atoms.